The van der Waals surface area contributed by atoms with Crippen LogP contribution in [0, 0.1) is 46.8 Å². The minimum atomic E-state index is -1.04. The van der Waals surface area contributed by atoms with Crippen molar-refractivity contribution in [1.29, 1.82) is 5.26 Å². The van der Waals surface area contributed by atoms with E-state index in [9.17, 15) is 28.8 Å². The Hall–Kier alpha value is -3.77. The van der Waals surface area contributed by atoms with Crippen LogP contribution in [-0.4, -0.2) is 109 Å². The van der Waals surface area contributed by atoms with Gasteiger partial charge in [-0.25, -0.2) is 34.1 Å². The van der Waals surface area contributed by atoms with Crippen molar-refractivity contribution in [2.24, 2.45) is 41.2 Å². The number of ketones is 1. The zero-order valence-electron chi connectivity index (χ0n) is 28.5. The van der Waals surface area contributed by atoms with Gasteiger partial charge in [-0.3, -0.25) is 29.3 Å². The van der Waals surface area contributed by atoms with Gasteiger partial charge in [-0.05, 0) is 25.7 Å². The highest BCUT2D eigenvalue weighted by atomic mass is 17.2. The molecule has 0 aromatic carbocycles. The molecule has 1 saturated heterocycles. The van der Waals surface area contributed by atoms with Gasteiger partial charge in [0, 0.05) is 30.6 Å². The van der Waals surface area contributed by atoms with E-state index in [1.807, 2.05) is 6.07 Å². The summed E-state index contributed by atoms with van der Waals surface area (Å²) in [6.07, 6.45) is 1.84. The molecule has 3 saturated carbocycles. The van der Waals surface area contributed by atoms with Crippen LogP contribution in [-0.2, 0) is 67.5 Å². The molecular weight excluding hydrogens is 656 g/mol. The summed E-state index contributed by atoms with van der Waals surface area (Å²) in [5, 5.41) is 13.7. The highest BCUT2D eigenvalue weighted by molar-refractivity contribution is 6.07. The first-order valence-corrected chi connectivity index (χ1v) is 15.3. The molecule has 19 heteroatoms. The molecule has 4 N–H and O–H groups in total. The van der Waals surface area contributed by atoms with Crippen LogP contribution < -0.4 is 16.4 Å². The van der Waals surface area contributed by atoms with Crippen molar-refractivity contribution in [1.82, 2.24) is 10.6 Å². The van der Waals surface area contributed by atoms with E-state index >= 15 is 0 Å². The van der Waals surface area contributed by atoms with Gasteiger partial charge >= 0.3 is 23.9 Å². The molecule has 49 heavy (non-hydrogen) atoms. The van der Waals surface area contributed by atoms with Crippen LogP contribution in [0.1, 0.15) is 38.5 Å². The number of nitrogens with zero attached hydrogens (tertiary/aromatic N) is 1. The summed E-state index contributed by atoms with van der Waals surface area (Å²) in [6, 6.07) is 1.49. The molecule has 3 aliphatic carbocycles. The van der Waals surface area contributed by atoms with Gasteiger partial charge in [-0.2, -0.15) is 5.26 Å². The van der Waals surface area contributed by atoms with Gasteiger partial charge in [0.2, 0.25) is 0 Å². The number of hydrogen-bond donors (Lipinski definition) is 3. The molecule has 4 rings (SSSR count). The third-order valence-electron chi connectivity index (χ3n) is 8.98. The number of imide groups is 1. The summed E-state index contributed by atoms with van der Waals surface area (Å²) in [5.41, 5.74) is 3.82. The summed E-state index contributed by atoms with van der Waals surface area (Å²) in [7, 11) is 8.07. The number of nitriles is 1. The Kier molecular flexibility index (Phi) is 16.4. The smallest absolute Gasteiger partial charge is 0.322 e. The van der Waals surface area contributed by atoms with Crippen molar-refractivity contribution in [2.45, 2.75) is 49.6 Å². The van der Waals surface area contributed by atoms with E-state index in [1.165, 1.54) is 42.7 Å². The molecule has 19 nitrogen and oxygen atoms in total. The summed E-state index contributed by atoms with van der Waals surface area (Å²) in [5.74, 6) is -3.25. The van der Waals surface area contributed by atoms with Crippen molar-refractivity contribution in [3.63, 3.8) is 0 Å². The number of esters is 3. The second kappa shape index (κ2) is 19.4. The first-order chi connectivity index (χ1) is 23.3. The molecule has 8 unspecified atom stereocenters. The summed E-state index contributed by atoms with van der Waals surface area (Å²) in [4.78, 5) is 96.6. The lowest BCUT2D eigenvalue weighted by Gasteiger charge is -2.19. The number of carbonyl (C=O) groups excluding carboxylic acids is 6. The second-order valence-corrected chi connectivity index (χ2v) is 12.0. The molecule has 4 fully saturated rings. The highest BCUT2D eigenvalue weighted by Gasteiger charge is 2.57. The van der Waals surface area contributed by atoms with Crippen LogP contribution in [0.3, 0.4) is 0 Å². The minimum Gasteiger partial charge on any atom is -0.469 e. The van der Waals surface area contributed by atoms with Gasteiger partial charge in [-0.15, -0.1) is 0 Å². The third kappa shape index (κ3) is 11.1. The van der Waals surface area contributed by atoms with Gasteiger partial charge in [0.05, 0.1) is 86.3 Å². The van der Waals surface area contributed by atoms with Crippen LogP contribution in [0.15, 0.2) is 0 Å². The minimum absolute atomic E-state index is 0.0742. The lowest BCUT2D eigenvalue weighted by Crippen LogP contribution is -2.44. The van der Waals surface area contributed by atoms with E-state index in [0.29, 0.717) is 25.7 Å². The number of nitrogens with one attached hydrogen (secondary N) is 2. The molecule has 0 aromatic heterocycles. The van der Waals surface area contributed by atoms with Crippen LogP contribution >= 0.6 is 0 Å². The number of Topliss-reactive ketones (excluding diaryl/α,β-unsaturated/α-hetero) is 1. The van der Waals surface area contributed by atoms with Crippen molar-refractivity contribution in [2.75, 3.05) is 62.5 Å². The maximum absolute atomic E-state index is 11.9. The number of urea groups is 1. The molecule has 0 radical (unpaired) electrons. The molecule has 1 heterocycles. The van der Waals surface area contributed by atoms with Gasteiger partial charge in [0.25, 0.3) is 5.91 Å². The average molecular weight is 703 g/mol. The fourth-order valence-electron chi connectivity index (χ4n) is 6.58. The Labute approximate surface area is 283 Å². The SMILES string of the molecule is COOCC1CC(=O)CC1C(=O)OC.COOCC1CC(N)(C#N)CC1C(=O)OC.COOCC1CC2(CC1C(=O)OC)NC(=O)NC2=O. The first kappa shape index (κ1) is 41.4. The molecule has 276 valence electrons. The summed E-state index contributed by atoms with van der Waals surface area (Å²) in [6.45, 7) is 0.639. The summed E-state index contributed by atoms with van der Waals surface area (Å²) < 4.78 is 14.0. The highest BCUT2D eigenvalue weighted by Crippen LogP contribution is 2.42. The lowest BCUT2D eigenvalue weighted by molar-refractivity contribution is -0.281. The Bertz CT molecular complexity index is 1230. The van der Waals surface area contributed by atoms with Crippen LogP contribution in [0.2, 0.25) is 0 Å². The predicted octanol–water partition coefficient (Wildman–Crippen LogP) is -0.341. The predicted molar refractivity (Wildman–Crippen MR) is 161 cm³/mol. The monoisotopic (exact) mass is 702 g/mol. The van der Waals surface area contributed by atoms with E-state index < -0.39 is 40.8 Å². The molecule has 0 aromatic rings. The van der Waals surface area contributed by atoms with Gasteiger partial charge < -0.3 is 25.3 Å². The van der Waals surface area contributed by atoms with Crippen molar-refractivity contribution in [3.8, 4) is 6.07 Å². The largest absolute Gasteiger partial charge is 0.469 e. The number of rotatable bonds is 12. The average Bonchev–Trinajstić information content (AvgIpc) is 3.83. The molecule has 1 aliphatic heterocycles. The zero-order chi connectivity index (χ0) is 36.8. The van der Waals surface area contributed by atoms with E-state index in [2.05, 4.69) is 34.8 Å². The molecule has 3 amide bonds. The number of methoxy groups -OCH3 is 3. The van der Waals surface area contributed by atoms with Crippen LogP contribution in [0.4, 0.5) is 4.79 Å². The standard InChI is InChI=1S/C11H16N2O6.C10H16N2O4.C9H14O5/c1-17-8(14)7-4-11(3-6(7)5-19-18-2)9(15)12-10(16)13-11;1-14-9(13)8-4-10(12,6-11)3-7(8)5-16-15-2;1-12-9(11)8-4-7(10)3-6(8)5-14-13-2/h6-7H,3-5H2,1-2H3,(H2,12,13,15,16);7-8H,3-5,12H2,1-2H3;6,8H,3-5H2,1-2H3. The molecule has 1 spiro atoms. The quantitative estimate of drug-likeness (QED) is 0.0772. The number of amides is 3. The van der Waals surface area contributed by atoms with Crippen molar-refractivity contribution >= 4 is 35.6 Å². The number of ether oxygens (including phenoxy) is 3. The second-order valence-electron chi connectivity index (χ2n) is 12.0. The lowest BCUT2D eigenvalue weighted by atomic mass is 9.96. The van der Waals surface area contributed by atoms with E-state index in [1.54, 1.807) is 0 Å². The maximum Gasteiger partial charge on any atom is 0.322 e. The van der Waals surface area contributed by atoms with Crippen molar-refractivity contribution < 1.29 is 72.3 Å². The van der Waals surface area contributed by atoms with E-state index in [4.69, 9.17) is 30.4 Å². The number of carbonyl (C=O) groups is 6. The Morgan fingerprint density at radius 2 is 1.18 bits per heavy atom. The molecular formula is C30H46N4O15. The summed E-state index contributed by atoms with van der Waals surface area (Å²) >= 11 is 0. The topological polar surface area (TPSA) is 259 Å². The maximum atomic E-state index is 11.9. The van der Waals surface area contributed by atoms with Crippen LogP contribution in [0.5, 0.6) is 0 Å². The Balaban J connectivity index is 0.000000259. The van der Waals surface area contributed by atoms with Gasteiger partial charge in [-0.1, -0.05) is 0 Å². The molecule has 4 aliphatic rings. The Morgan fingerprint density at radius 3 is 1.63 bits per heavy atom. The van der Waals surface area contributed by atoms with Gasteiger partial charge in [0.1, 0.15) is 16.9 Å². The van der Waals surface area contributed by atoms with Crippen LogP contribution in [0.25, 0.3) is 0 Å². The van der Waals surface area contributed by atoms with Gasteiger partial charge in [0.15, 0.2) is 0 Å². The molecule has 0 bridgehead atoms. The first-order valence-electron chi connectivity index (χ1n) is 15.3. The Morgan fingerprint density at radius 1 is 0.714 bits per heavy atom. The van der Waals surface area contributed by atoms with E-state index in [0.717, 1.165) is 0 Å². The fraction of sp³-hybridized carbons (Fsp3) is 0.767. The zero-order valence-corrected chi connectivity index (χ0v) is 28.5. The normalized spacial score (nSPS) is 31.4. The van der Waals surface area contributed by atoms with Crippen molar-refractivity contribution in [3.05, 3.63) is 0 Å². The number of hydrogen-bond acceptors (Lipinski definition) is 17. The fourth-order valence-corrected chi connectivity index (χ4v) is 6.58. The number of nitrogens with two attached hydrogens (primary N) is 1. The van der Waals surface area contributed by atoms with E-state index in [-0.39, 0.29) is 74.1 Å². The third-order valence-corrected chi connectivity index (χ3v) is 8.98. The molecule has 8 atom stereocenters.